The van der Waals surface area contributed by atoms with Crippen molar-refractivity contribution < 1.29 is 14.6 Å². The van der Waals surface area contributed by atoms with E-state index in [-0.39, 0.29) is 12.5 Å². The molecule has 2 N–H and O–H groups in total. The molecule has 2 aromatic carbocycles. The van der Waals surface area contributed by atoms with Gasteiger partial charge in [-0.05, 0) is 41.8 Å². The molecular formula is C18H20ClNO3. The summed E-state index contributed by atoms with van der Waals surface area (Å²) in [5, 5.41) is 12.8. The quantitative estimate of drug-likeness (QED) is 0.729. The number of rotatable bonds is 8. The maximum atomic E-state index is 11.8. The molecule has 0 heterocycles. The van der Waals surface area contributed by atoms with Gasteiger partial charge in [0.15, 0.2) is 0 Å². The van der Waals surface area contributed by atoms with Crippen LogP contribution in [0.2, 0.25) is 5.02 Å². The molecule has 2 rings (SSSR count). The van der Waals surface area contributed by atoms with E-state index in [1.807, 2.05) is 24.3 Å². The Balaban J connectivity index is 1.66. The van der Waals surface area contributed by atoms with E-state index in [4.69, 9.17) is 16.3 Å². The molecule has 0 unspecified atom stereocenters. The zero-order chi connectivity index (χ0) is 16.5. The maximum Gasteiger partial charge on any atom is 0.220 e. The van der Waals surface area contributed by atoms with Crippen molar-refractivity contribution in [1.82, 2.24) is 5.32 Å². The van der Waals surface area contributed by atoms with Crippen LogP contribution in [0.25, 0.3) is 0 Å². The lowest BCUT2D eigenvalue weighted by atomic mass is 10.1. The third-order valence-electron chi connectivity index (χ3n) is 3.40. The highest BCUT2D eigenvalue weighted by atomic mass is 35.5. The molecule has 0 aliphatic rings. The van der Waals surface area contributed by atoms with Gasteiger partial charge in [0, 0.05) is 18.0 Å². The highest BCUT2D eigenvalue weighted by molar-refractivity contribution is 6.30. The highest BCUT2D eigenvalue weighted by Gasteiger charge is 2.04. The zero-order valence-corrected chi connectivity index (χ0v) is 13.6. The summed E-state index contributed by atoms with van der Waals surface area (Å²) in [6.07, 6.45) is 1.03. The lowest BCUT2D eigenvalue weighted by Crippen LogP contribution is -2.23. The van der Waals surface area contributed by atoms with Crippen LogP contribution in [-0.2, 0) is 17.9 Å². The Morgan fingerprint density at radius 3 is 2.48 bits per heavy atom. The van der Waals surface area contributed by atoms with Crippen molar-refractivity contribution in [2.45, 2.75) is 26.0 Å². The van der Waals surface area contributed by atoms with Gasteiger partial charge in [-0.2, -0.15) is 0 Å². The summed E-state index contributed by atoms with van der Waals surface area (Å²) in [5.74, 6) is 0.712. The van der Waals surface area contributed by atoms with E-state index in [0.29, 0.717) is 31.0 Å². The van der Waals surface area contributed by atoms with Crippen LogP contribution in [0.3, 0.4) is 0 Å². The minimum Gasteiger partial charge on any atom is -0.494 e. The predicted octanol–water partition coefficient (Wildman–Crippen LogP) is 3.31. The third-order valence-corrected chi connectivity index (χ3v) is 3.65. The Labute approximate surface area is 141 Å². The molecule has 5 heteroatoms. The van der Waals surface area contributed by atoms with Gasteiger partial charge >= 0.3 is 0 Å². The van der Waals surface area contributed by atoms with Gasteiger partial charge in [-0.25, -0.2) is 0 Å². The van der Waals surface area contributed by atoms with E-state index >= 15 is 0 Å². The summed E-state index contributed by atoms with van der Waals surface area (Å²) in [6, 6.07) is 14.6. The first-order chi connectivity index (χ1) is 11.2. The van der Waals surface area contributed by atoms with Gasteiger partial charge < -0.3 is 15.2 Å². The van der Waals surface area contributed by atoms with Crippen LogP contribution in [0.15, 0.2) is 48.5 Å². The molecule has 0 radical (unpaired) electrons. The van der Waals surface area contributed by atoms with Crippen LogP contribution in [0.4, 0.5) is 0 Å². The number of halogens is 1. The molecule has 1 amide bonds. The highest BCUT2D eigenvalue weighted by Crippen LogP contribution is 2.15. The number of nitrogens with one attached hydrogen (secondary N) is 1. The van der Waals surface area contributed by atoms with Gasteiger partial charge in [-0.1, -0.05) is 35.9 Å². The molecule has 23 heavy (non-hydrogen) atoms. The standard InChI is InChI=1S/C18H20ClNO3/c19-16-7-9-17(10-8-16)23-11-3-6-18(22)20-12-14-4-1-2-5-15(14)13-21/h1-2,4-5,7-10,21H,3,6,11-13H2,(H,20,22). The van der Waals surface area contributed by atoms with E-state index < -0.39 is 0 Å². The van der Waals surface area contributed by atoms with E-state index in [9.17, 15) is 9.90 Å². The van der Waals surface area contributed by atoms with Crippen molar-refractivity contribution in [1.29, 1.82) is 0 Å². The number of benzene rings is 2. The van der Waals surface area contributed by atoms with Crippen LogP contribution >= 0.6 is 11.6 Å². The van der Waals surface area contributed by atoms with Crippen molar-refractivity contribution in [2.75, 3.05) is 6.61 Å². The van der Waals surface area contributed by atoms with Gasteiger partial charge in [0.2, 0.25) is 5.91 Å². The largest absolute Gasteiger partial charge is 0.494 e. The Kier molecular flexibility index (Phi) is 6.91. The summed E-state index contributed by atoms with van der Waals surface area (Å²) < 4.78 is 5.54. The zero-order valence-electron chi connectivity index (χ0n) is 12.8. The lowest BCUT2D eigenvalue weighted by Gasteiger charge is -2.09. The fourth-order valence-electron chi connectivity index (χ4n) is 2.12. The minimum atomic E-state index is -0.0301. The Morgan fingerprint density at radius 2 is 1.78 bits per heavy atom. The van der Waals surface area contributed by atoms with Gasteiger partial charge in [0.25, 0.3) is 0 Å². The molecule has 0 aromatic heterocycles. The number of aliphatic hydroxyl groups excluding tert-OH is 1. The molecule has 0 bridgehead atoms. The summed E-state index contributed by atoms with van der Waals surface area (Å²) in [4.78, 5) is 11.8. The first kappa shape index (κ1) is 17.3. The van der Waals surface area contributed by atoms with Gasteiger partial charge in [-0.3, -0.25) is 4.79 Å². The Bertz CT molecular complexity index is 628. The second-order valence-electron chi connectivity index (χ2n) is 5.11. The average Bonchev–Trinajstić information content (AvgIpc) is 2.58. The molecule has 0 aliphatic carbocycles. The van der Waals surface area contributed by atoms with E-state index in [1.54, 1.807) is 24.3 Å². The molecule has 122 valence electrons. The van der Waals surface area contributed by atoms with Crippen molar-refractivity contribution in [3.8, 4) is 5.75 Å². The smallest absolute Gasteiger partial charge is 0.220 e. The topological polar surface area (TPSA) is 58.6 Å². The fourth-order valence-corrected chi connectivity index (χ4v) is 2.25. The molecule has 0 fully saturated rings. The van der Waals surface area contributed by atoms with Crippen LogP contribution in [0.5, 0.6) is 5.75 Å². The number of hydrogen-bond acceptors (Lipinski definition) is 3. The molecule has 0 saturated heterocycles. The molecular weight excluding hydrogens is 314 g/mol. The normalized spacial score (nSPS) is 10.3. The molecule has 0 spiro atoms. The van der Waals surface area contributed by atoms with Crippen molar-refractivity contribution in [2.24, 2.45) is 0 Å². The summed E-state index contributed by atoms with van der Waals surface area (Å²) in [7, 11) is 0. The van der Waals surface area contributed by atoms with Gasteiger partial charge in [-0.15, -0.1) is 0 Å². The van der Waals surface area contributed by atoms with Crippen molar-refractivity contribution in [3.05, 3.63) is 64.7 Å². The average molecular weight is 334 g/mol. The first-order valence-electron chi connectivity index (χ1n) is 7.52. The number of hydrogen-bond donors (Lipinski definition) is 2. The predicted molar refractivity (Wildman–Crippen MR) is 90.4 cm³/mol. The summed E-state index contributed by atoms with van der Waals surface area (Å²) in [5.41, 5.74) is 1.76. The Morgan fingerprint density at radius 1 is 1.09 bits per heavy atom. The second-order valence-corrected chi connectivity index (χ2v) is 5.55. The van der Waals surface area contributed by atoms with Crippen LogP contribution in [0, 0.1) is 0 Å². The second kappa shape index (κ2) is 9.18. The monoisotopic (exact) mass is 333 g/mol. The molecule has 0 aliphatic heterocycles. The van der Waals surface area contributed by atoms with E-state index in [1.165, 1.54) is 0 Å². The number of aliphatic hydroxyl groups is 1. The van der Waals surface area contributed by atoms with Gasteiger partial charge in [0.05, 0.1) is 13.2 Å². The number of ether oxygens (including phenoxy) is 1. The lowest BCUT2D eigenvalue weighted by molar-refractivity contribution is -0.121. The first-order valence-corrected chi connectivity index (χ1v) is 7.89. The third kappa shape index (κ3) is 5.93. The SMILES string of the molecule is O=C(CCCOc1ccc(Cl)cc1)NCc1ccccc1CO. The van der Waals surface area contributed by atoms with E-state index in [0.717, 1.165) is 16.9 Å². The number of amides is 1. The van der Waals surface area contributed by atoms with Crippen molar-refractivity contribution in [3.63, 3.8) is 0 Å². The maximum absolute atomic E-state index is 11.8. The van der Waals surface area contributed by atoms with Gasteiger partial charge in [0.1, 0.15) is 5.75 Å². The van der Waals surface area contributed by atoms with Crippen LogP contribution in [-0.4, -0.2) is 17.6 Å². The van der Waals surface area contributed by atoms with Crippen molar-refractivity contribution >= 4 is 17.5 Å². The number of carbonyl (C=O) groups excluding carboxylic acids is 1. The summed E-state index contributed by atoms with van der Waals surface area (Å²) >= 11 is 5.80. The minimum absolute atomic E-state index is 0.0268. The molecule has 0 saturated carbocycles. The molecule has 0 atom stereocenters. The summed E-state index contributed by atoms with van der Waals surface area (Å²) in [6.45, 7) is 0.872. The van der Waals surface area contributed by atoms with E-state index in [2.05, 4.69) is 5.32 Å². The molecule has 4 nitrogen and oxygen atoms in total. The Hall–Kier alpha value is -2.04. The molecule has 2 aromatic rings. The number of carbonyl (C=O) groups is 1. The van der Waals surface area contributed by atoms with Crippen LogP contribution < -0.4 is 10.1 Å². The van der Waals surface area contributed by atoms with Crippen LogP contribution in [0.1, 0.15) is 24.0 Å². The fraction of sp³-hybridized carbons (Fsp3) is 0.278.